The van der Waals surface area contributed by atoms with E-state index in [9.17, 15) is 0 Å². The van der Waals surface area contributed by atoms with Crippen LogP contribution < -0.4 is 5.73 Å². The Morgan fingerprint density at radius 3 is 2.40 bits per heavy atom. The second-order valence-electron chi connectivity index (χ2n) is 2.45. The van der Waals surface area contributed by atoms with Crippen molar-refractivity contribution in [2.75, 3.05) is 13.2 Å². The van der Waals surface area contributed by atoms with Gasteiger partial charge in [-0.25, -0.2) is 0 Å². The van der Waals surface area contributed by atoms with Crippen LogP contribution in [0.4, 0.5) is 0 Å². The minimum atomic E-state index is -0.337. The van der Waals surface area contributed by atoms with Gasteiger partial charge in [-0.3, -0.25) is 0 Å². The first-order valence-corrected chi connectivity index (χ1v) is 3.80. The molecule has 0 spiro atoms. The van der Waals surface area contributed by atoms with E-state index in [1.165, 1.54) is 0 Å². The third-order valence-electron chi connectivity index (χ3n) is 1.45. The smallest absolute Gasteiger partial charge is 0.0562 e. The van der Waals surface area contributed by atoms with Crippen molar-refractivity contribution in [2.24, 2.45) is 5.73 Å². The molecule has 3 nitrogen and oxygen atoms in total. The van der Waals surface area contributed by atoms with Gasteiger partial charge in [0.15, 0.2) is 0 Å². The third-order valence-corrected chi connectivity index (χ3v) is 1.45. The molecule has 0 rings (SSSR count). The molecule has 3 heteroatoms. The van der Waals surface area contributed by atoms with Crippen LogP contribution in [0.15, 0.2) is 0 Å². The summed E-state index contributed by atoms with van der Waals surface area (Å²) in [5, 5.41) is 17.5. The van der Waals surface area contributed by atoms with Crippen LogP contribution in [-0.4, -0.2) is 29.5 Å². The lowest BCUT2D eigenvalue weighted by atomic mass is 10.1. The van der Waals surface area contributed by atoms with Crippen molar-refractivity contribution < 1.29 is 10.2 Å². The van der Waals surface area contributed by atoms with Gasteiger partial charge in [0, 0.05) is 6.61 Å². The molecule has 62 valence electrons. The number of aliphatic hydroxyl groups is 2. The van der Waals surface area contributed by atoms with Gasteiger partial charge in [0.1, 0.15) is 0 Å². The lowest BCUT2D eigenvalue weighted by Crippen LogP contribution is -2.09. The predicted octanol–water partition coefficient (Wildman–Crippen LogP) is -0.141. The van der Waals surface area contributed by atoms with Gasteiger partial charge in [0.05, 0.1) is 6.10 Å². The summed E-state index contributed by atoms with van der Waals surface area (Å²) < 4.78 is 0. The van der Waals surface area contributed by atoms with Gasteiger partial charge in [0.25, 0.3) is 0 Å². The Hall–Kier alpha value is -0.120. The minimum absolute atomic E-state index is 0.0732. The summed E-state index contributed by atoms with van der Waals surface area (Å²) >= 11 is 0. The van der Waals surface area contributed by atoms with Gasteiger partial charge < -0.3 is 15.9 Å². The molecule has 4 N–H and O–H groups in total. The molecule has 0 aromatic rings. The highest BCUT2D eigenvalue weighted by Crippen LogP contribution is 2.02. The number of nitrogens with two attached hydrogens (primary N) is 1. The maximum absolute atomic E-state index is 9.07. The maximum atomic E-state index is 9.07. The fourth-order valence-electron chi connectivity index (χ4n) is 0.818. The number of unbranched alkanes of at least 4 members (excludes halogenated alkanes) is 1. The topological polar surface area (TPSA) is 66.5 Å². The Labute approximate surface area is 61.9 Å². The number of rotatable bonds is 6. The van der Waals surface area contributed by atoms with E-state index in [-0.39, 0.29) is 12.7 Å². The van der Waals surface area contributed by atoms with Gasteiger partial charge in [-0.1, -0.05) is 0 Å². The van der Waals surface area contributed by atoms with Crippen molar-refractivity contribution in [1.82, 2.24) is 0 Å². The average Bonchev–Trinajstić information content (AvgIpc) is 1.89. The molecule has 0 aromatic heterocycles. The van der Waals surface area contributed by atoms with Crippen molar-refractivity contribution >= 4 is 0 Å². The fourth-order valence-corrected chi connectivity index (χ4v) is 0.818. The standard InChI is InChI=1S/C7H17NO2/c8-5-2-1-3-7(10)4-6-9/h7,9-10H,1-6,8H2. The zero-order valence-electron chi connectivity index (χ0n) is 6.29. The van der Waals surface area contributed by atoms with E-state index in [4.69, 9.17) is 15.9 Å². The molecule has 0 aromatic carbocycles. The Balaban J connectivity index is 2.97. The van der Waals surface area contributed by atoms with Gasteiger partial charge in [-0.15, -0.1) is 0 Å². The molecule has 0 aliphatic carbocycles. The third kappa shape index (κ3) is 6.01. The van der Waals surface area contributed by atoms with Crippen molar-refractivity contribution in [1.29, 1.82) is 0 Å². The molecule has 1 unspecified atom stereocenters. The second-order valence-corrected chi connectivity index (χ2v) is 2.45. The van der Waals surface area contributed by atoms with Crippen LogP contribution in [-0.2, 0) is 0 Å². The predicted molar refractivity (Wildman–Crippen MR) is 40.6 cm³/mol. The molecule has 0 amide bonds. The molecule has 0 bridgehead atoms. The number of hydrogen-bond donors (Lipinski definition) is 3. The van der Waals surface area contributed by atoms with Crippen molar-refractivity contribution in [2.45, 2.75) is 31.8 Å². The summed E-state index contributed by atoms with van der Waals surface area (Å²) in [6, 6.07) is 0. The van der Waals surface area contributed by atoms with E-state index in [0.29, 0.717) is 13.0 Å². The van der Waals surface area contributed by atoms with Crippen molar-refractivity contribution in [3.8, 4) is 0 Å². The molecule has 0 saturated heterocycles. The summed E-state index contributed by atoms with van der Waals surface area (Å²) in [7, 11) is 0. The molecular weight excluding hydrogens is 130 g/mol. The number of hydrogen-bond acceptors (Lipinski definition) is 3. The summed E-state index contributed by atoms with van der Waals surface area (Å²) in [6.45, 7) is 0.760. The van der Waals surface area contributed by atoms with Gasteiger partial charge in [-0.2, -0.15) is 0 Å². The van der Waals surface area contributed by atoms with E-state index >= 15 is 0 Å². The van der Waals surface area contributed by atoms with E-state index in [2.05, 4.69) is 0 Å². The van der Waals surface area contributed by atoms with E-state index < -0.39 is 0 Å². The first-order valence-electron chi connectivity index (χ1n) is 3.80. The Morgan fingerprint density at radius 1 is 1.20 bits per heavy atom. The van der Waals surface area contributed by atoms with Crippen LogP contribution in [0.3, 0.4) is 0 Å². The monoisotopic (exact) mass is 147 g/mol. The second kappa shape index (κ2) is 6.99. The highest BCUT2D eigenvalue weighted by Gasteiger charge is 2.00. The summed E-state index contributed by atoms with van der Waals surface area (Å²) in [4.78, 5) is 0. The maximum Gasteiger partial charge on any atom is 0.0562 e. The summed E-state index contributed by atoms with van der Waals surface area (Å²) in [6.07, 6.45) is 2.83. The molecule has 0 radical (unpaired) electrons. The van der Waals surface area contributed by atoms with Crippen LogP contribution in [0.25, 0.3) is 0 Å². The van der Waals surface area contributed by atoms with Gasteiger partial charge in [-0.05, 0) is 32.2 Å². The van der Waals surface area contributed by atoms with Gasteiger partial charge >= 0.3 is 0 Å². The van der Waals surface area contributed by atoms with Crippen LogP contribution in [0.2, 0.25) is 0 Å². The lowest BCUT2D eigenvalue weighted by Gasteiger charge is -2.06. The highest BCUT2D eigenvalue weighted by atomic mass is 16.3. The largest absolute Gasteiger partial charge is 0.396 e. The van der Waals surface area contributed by atoms with E-state index in [1.807, 2.05) is 0 Å². The molecular formula is C7H17NO2. The minimum Gasteiger partial charge on any atom is -0.396 e. The van der Waals surface area contributed by atoms with Crippen molar-refractivity contribution in [3.63, 3.8) is 0 Å². The Bertz CT molecular complexity index is 68.6. The fraction of sp³-hybridized carbons (Fsp3) is 1.00. The zero-order chi connectivity index (χ0) is 7.82. The first kappa shape index (κ1) is 9.88. The molecule has 0 heterocycles. The van der Waals surface area contributed by atoms with E-state index in [1.54, 1.807) is 0 Å². The molecule has 0 saturated carbocycles. The normalized spacial score (nSPS) is 13.5. The summed E-state index contributed by atoms with van der Waals surface area (Å²) in [5.41, 5.74) is 5.26. The van der Waals surface area contributed by atoms with E-state index in [0.717, 1.165) is 19.3 Å². The Morgan fingerprint density at radius 2 is 1.90 bits per heavy atom. The van der Waals surface area contributed by atoms with Crippen LogP contribution in [0, 0.1) is 0 Å². The highest BCUT2D eigenvalue weighted by molar-refractivity contribution is 4.54. The van der Waals surface area contributed by atoms with Crippen molar-refractivity contribution in [3.05, 3.63) is 0 Å². The quantitative estimate of drug-likeness (QED) is 0.458. The molecule has 1 atom stereocenters. The molecule has 10 heavy (non-hydrogen) atoms. The van der Waals surface area contributed by atoms with Gasteiger partial charge in [0.2, 0.25) is 0 Å². The molecule has 0 aliphatic rings. The Kier molecular flexibility index (Phi) is 6.91. The lowest BCUT2D eigenvalue weighted by molar-refractivity contribution is 0.123. The first-order chi connectivity index (χ1) is 4.81. The molecule has 0 aliphatic heterocycles. The average molecular weight is 147 g/mol. The SMILES string of the molecule is NCCCCC(O)CCO. The zero-order valence-corrected chi connectivity index (χ0v) is 6.29. The number of aliphatic hydroxyl groups excluding tert-OH is 2. The molecule has 0 fully saturated rings. The van der Waals surface area contributed by atoms with Crippen LogP contribution >= 0.6 is 0 Å². The summed E-state index contributed by atoms with van der Waals surface area (Å²) in [5.74, 6) is 0. The van der Waals surface area contributed by atoms with Crippen LogP contribution in [0.1, 0.15) is 25.7 Å². The van der Waals surface area contributed by atoms with Crippen LogP contribution in [0.5, 0.6) is 0 Å².